The van der Waals surface area contributed by atoms with E-state index in [1.54, 1.807) is 12.1 Å². The lowest BCUT2D eigenvalue weighted by Crippen LogP contribution is -2.27. The average molecular weight is 315 g/mol. The zero-order valence-corrected chi connectivity index (χ0v) is 13.4. The van der Waals surface area contributed by atoms with Crippen molar-refractivity contribution in [1.29, 1.82) is 0 Å². The summed E-state index contributed by atoms with van der Waals surface area (Å²) in [5, 5.41) is 10.1. The van der Waals surface area contributed by atoms with Gasteiger partial charge in [0.05, 0.1) is 11.3 Å². The van der Waals surface area contributed by atoms with Crippen molar-refractivity contribution in [3.05, 3.63) is 40.7 Å². The molecule has 1 amide bonds. The van der Waals surface area contributed by atoms with E-state index in [4.69, 9.17) is 9.47 Å². The molecule has 6 heteroatoms. The molecule has 23 heavy (non-hydrogen) atoms. The molecule has 0 aliphatic carbocycles. The van der Waals surface area contributed by atoms with E-state index >= 15 is 0 Å². The fourth-order valence-electron chi connectivity index (χ4n) is 2.76. The monoisotopic (exact) mass is 315 g/mol. The molecule has 2 N–H and O–H groups in total. The summed E-state index contributed by atoms with van der Waals surface area (Å²) >= 11 is 0. The molecule has 6 nitrogen and oxygen atoms in total. The predicted molar refractivity (Wildman–Crippen MR) is 86.1 cm³/mol. The Hall–Kier alpha value is -2.50. The molecule has 0 radical (unpaired) electrons. The normalized spacial score (nSPS) is 13.0. The van der Waals surface area contributed by atoms with E-state index in [0.29, 0.717) is 36.8 Å². The van der Waals surface area contributed by atoms with Gasteiger partial charge in [0.1, 0.15) is 13.2 Å². The van der Waals surface area contributed by atoms with Gasteiger partial charge in [-0.25, -0.2) is 0 Å². The molecule has 0 saturated carbocycles. The van der Waals surface area contributed by atoms with E-state index < -0.39 is 0 Å². The molecule has 0 atom stereocenters. The van der Waals surface area contributed by atoms with Crippen LogP contribution in [0.25, 0.3) is 0 Å². The van der Waals surface area contributed by atoms with Crippen LogP contribution in [0.4, 0.5) is 0 Å². The van der Waals surface area contributed by atoms with Crippen molar-refractivity contribution >= 4 is 5.91 Å². The zero-order valence-electron chi connectivity index (χ0n) is 13.4. The molecule has 1 aliphatic rings. The molecule has 1 aromatic heterocycles. The maximum atomic E-state index is 12.3. The van der Waals surface area contributed by atoms with Crippen molar-refractivity contribution in [3.63, 3.8) is 0 Å². The molecule has 3 rings (SSSR count). The van der Waals surface area contributed by atoms with Gasteiger partial charge >= 0.3 is 0 Å². The van der Waals surface area contributed by atoms with Crippen LogP contribution in [0.2, 0.25) is 0 Å². The van der Waals surface area contributed by atoms with Crippen LogP contribution in [0, 0.1) is 13.8 Å². The van der Waals surface area contributed by atoms with Gasteiger partial charge in [-0.3, -0.25) is 9.89 Å². The largest absolute Gasteiger partial charge is 0.486 e. The maximum absolute atomic E-state index is 12.3. The second kappa shape index (κ2) is 6.73. The van der Waals surface area contributed by atoms with E-state index in [9.17, 15) is 4.79 Å². The first-order valence-corrected chi connectivity index (χ1v) is 7.84. The van der Waals surface area contributed by atoms with Crippen LogP contribution >= 0.6 is 0 Å². The van der Waals surface area contributed by atoms with Crippen molar-refractivity contribution in [1.82, 2.24) is 15.5 Å². The quantitative estimate of drug-likeness (QED) is 0.829. The molecule has 0 unspecified atom stereocenters. The van der Waals surface area contributed by atoms with E-state index in [2.05, 4.69) is 15.5 Å². The maximum Gasteiger partial charge on any atom is 0.255 e. The van der Waals surface area contributed by atoms with Crippen LogP contribution in [0.15, 0.2) is 18.2 Å². The van der Waals surface area contributed by atoms with Gasteiger partial charge in [0.2, 0.25) is 0 Å². The molecule has 1 aromatic carbocycles. The number of para-hydroxylation sites is 1. The smallest absolute Gasteiger partial charge is 0.255 e. The standard InChI is InChI=1S/C17H21N3O3/c1-11-13(12(2)20-19-11)6-4-8-18-17(21)14-5-3-7-15-16(14)23-10-9-22-15/h3,5,7H,4,6,8-10H2,1-2H3,(H,18,21)(H,19,20). The van der Waals surface area contributed by atoms with Gasteiger partial charge in [0.25, 0.3) is 5.91 Å². The second-order valence-corrected chi connectivity index (χ2v) is 5.60. The lowest BCUT2D eigenvalue weighted by molar-refractivity contribution is 0.0942. The number of aromatic amines is 1. The van der Waals surface area contributed by atoms with Crippen molar-refractivity contribution in [2.45, 2.75) is 26.7 Å². The second-order valence-electron chi connectivity index (χ2n) is 5.60. The number of carbonyl (C=O) groups is 1. The third kappa shape index (κ3) is 3.31. The Bertz CT molecular complexity index is 690. The van der Waals surface area contributed by atoms with Gasteiger partial charge in [-0.05, 0) is 44.4 Å². The first kappa shape index (κ1) is 15.4. The van der Waals surface area contributed by atoms with E-state index in [-0.39, 0.29) is 5.91 Å². The number of rotatable bonds is 5. The number of hydrogen-bond acceptors (Lipinski definition) is 4. The highest BCUT2D eigenvalue weighted by Crippen LogP contribution is 2.33. The lowest BCUT2D eigenvalue weighted by atomic mass is 10.1. The number of fused-ring (bicyclic) bond motifs is 1. The number of aryl methyl sites for hydroxylation is 2. The minimum atomic E-state index is -0.131. The molecule has 1 aliphatic heterocycles. The number of amides is 1. The zero-order chi connectivity index (χ0) is 16.2. The highest BCUT2D eigenvalue weighted by molar-refractivity contribution is 5.97. The van der Waals surface area contributed by atoms with E-state index in [1.807, 2.05) is 19.9 Å². The van der Waals surface area contributed by atoms with Crippen LogP contribution in [0.5, 0.6) is 11.5 Å². The molecule has 2 aromatic rings. The van der Waals surface area contributed by atoms with Gasteiger partial charge < -0.3 is 14.8 Å². The number of aromatic nitrogens is 2. The molecule has 0 spiro atoms. The number of hydrogen-bond donors (Lipinski definition) is 2. The Morgan fingerprint density at radius 2 is 2.13 bits per heavy atom. The summed E-state index contributed by atoms with van der Waals surface area (Å²) < 4.78 is 11.1. The number of H-pyrrole nitrogens is 1. The predicted octanol–water partition coefficient (Wildman–Crippen LogP) is 2.16. The number of benzene rings is 1. The van der Waals surface area contributed by atoms with Crippen molar-refractivity contribution in [2.75, 3.05) is 19.8 Å². The minimum Gasteiger partial charge on any atom is -0.486 e. The topological polar surface area (TPSA) is 76.2 Å². The third-order valence-electron chi connectivity index (χ3n) is 3.98. The SMILES string of the molecule is Cc1n[nH]c(C)c1CCCNC(=O)c1cccc2c1OCCO2. The van der Waals surface area contributed by atoms with Gasteiger partial charge in [-0.1, -0.05) is 6.07 Å². The number of carbonyl (C=O) groups excluding carboxylic acids is 1. The summed E-state index contributed by atoms with van der Waals surface area (Å²) in [5.41, 5.74) is 3.87. The fourth-order valence-corrected chi connectivity index (χ4v) is 2.76. The molecule has 2 heterocycles. The van der Waals surface area contributed by atoms with Crippen LogP contribution in [0.3, 0.4) is 0 Å². The van der Waals surface area contributed by atoms with Gasteiger partial charge in [0.15, 0.2) is 11.5 Å². The molecule has 0 saturated heterocycles. The Labute approximate surface area is 135 Å². The van der Waals surface area contributed by atoms with Crippen molar-refractivity contribution < 1.29 is 14.3 Å². The molecular weight excluding hydrogens is 294 g/mol. The van der Waals surface area contributed by atoms with Crippen LogP contribution < -0.4 is 14.8 Å². The Morgan fingerprint density at radius 1 is 1.30 bits per heavy atom. The van der Waals surface area contributed by atoms with Crippen LogP contribution in [0.1, 0.15) is 33.7 Å². The van der Waals surface area contributed by atoms with Crippen molar-refractivity contribution in [2.24, 2.45) is 0 Å². The number of nitrogens with zero attached hydrogens (tertiary/aromatic N) is 1. The number of nitrogens with one attached hydrogen (secondary N) is 2. The first-order valence-electron chi connectivity index (χ1n) is 7.84. The summed E-state index contributed by atoms with van der Waals surface area (Å²) in [6, 6.07) is 5.38. The highest BCUT2D eigenvalue weighted by Gasteiger charge is 2.20. The Balaban J connectivity index is 1.56. The summed E-state index contributed by atoms with van der Waals surface area (Å²) in [4.78, 5) is 12.3. The third-order valence-corrected chi connectivity index (χ3v) is 3.98. The van der Waals surface area contributed by atoms with Crippen molar-refractivity contribution in [3.8, 4) is 11.5 Å². The fraction of sp³-hybridized carbons (Fsp3) is 0.412. The van der Waals surface area contributed by atoms with E-state index in [0.717, 1.165) is 24.2 Å². The number of ether oxygens (including phenoxy) is 2. The molecule has 0 fully saturated rings. The lowest BCUT2D eigenvalue weighted by Gasteiger charge is -2.20. The van der Waals surface area contributed by atoms with Gasteiger partial charge in [-0.2, -0.15) is 5.10 Å². The molecular formula is C17H21N3O3. The Morgan fingerprint density at radius 3 is 2.91 bits per heavy atom. The van der Waals surface area contributed by atoms with Crippen LogP contribution in [-0.4, -0.2) is 35.9 Å². The van der Waals surface area contributed by atoms with E-state index in [1.165, 1.54) is 5.56 Å². The summed E-state index contributed by atoms with van der Waals surface area (Å²) in [7, 11) is 0. The van der Waals surface area contributed by atoms with Gasteiger partial charge in [-0.15, -0.1) is 0 Å². The summed E-state index contributed by atoms with van der Waals surface area (Å²) in [6.45, 7) is 5.59. The van der Waals surface area contributed by atoms with Crippen LogP contribution in [-0.2, 0) is 6.42 Å². The molecule has 0 bridgehead atoms. The average Bonchev–Trinajstić information content (AvgIpc) is 2.89. The molecule has 122 valence electrons. The first-order chi connectivity index (χ1) is 11.2. The minimum absolute atomic E-state index is 0.131. The Kier molecular flexibility index (Phi) is 4.50. The summed E-state index contributed by atoms with van der Waals surface area (Å²) in [6.07, 6.45) is 1.75. The van der Waals surface area contributed by atoms with Gasteiger partial charge in [0, 0.05) is 12.2 Å². The summed E-state index contributed by atoms with van der Waals surface area (Å²) in [5.74, 6) is 1.04. The highest BCUT2D eigenvalue weighted by atomic mass is 16.6.